The second-order valence-corrected chi connectivity index (χ2v) is 6.74. The molecule has 2 heterocycles. The van der Waals surface area contributed by atoms with E-state index in [1.807, 2.05) is 31.2 Å². The van der Waals surface area contributed by atoms with Crippen molar-refractivity contribution in [2.24, 2.45) is 0 Å². The summed E-state index contributed by atoms with van der Waals surface area (Å²) in [6, 6.07) is 17.8. The molecule has 0 aliphatic rings. The summed E-state index contributed by atoms with van der Waals surface area (Å²) < 4.78 is 11.2. The number of rotatable bonds is 5. The first-order chi connectivity index (χ1) is 14.5. The van der Waals surface area contributed by atoms with Crippen molar-refractivity contribution in [1.82, 2.24) is 9.97 Å². The lowest BCUT2D eigenvalue weighted by atomic mass is 10.1. The zero-order valence-electron chi connectivity index (χ0n) is 16.5. The van der Waals surface area contributed by atoms with E-state index in [0.717, 1.165) is 5.56 Å². The number of para-hydroxylation sites is 2. The number of aromatic nitrogens is 2. The van der Waals surface area contributed by atoms with Crippen LogP contribution in [-0.4, -0.2) is 27.9 Å². The molecule has 4 rings (SSSR count). The molecule has 0 fully saturated rings. The summed E-state index contributed by atoms with van der Waals surface area (Å²) in [5.41, 5.74) is 2.87. The number of carbonyl (C=O) groups is 2. The predicted molar refractivity (Wildman–Crippen MR) is 112 cm³/mol. The van der Waals surface area contributed by atoms with Crippen molar-refractivity contribution < 1.29 is 18.7 Å². The Morgan fingerprint density at radius 2 is 1.80 bits per heavy atom. The molecular formula is C23H19N3O4. The van der Waals surface area contributed by atoms with Crippen molar-refractivity contribution in [2.45, 2.75) is 20.0 Å². The lowest BCUT2D eigenvalue weighted by Crippen LogP contribution is -2.30. The van der Waals surface area contributed by atoms with Crippen LogP contribution in [0.4, 0.5) is 5.82 Å². The molecule has 2 aromatic carbocycles. The van der Waals surface area contributed by atoms with Crippen LogP contribution in [0.15, 0.2) is 71.3 Å². The number of nitrogens with zero attached hydrogens (tertiary/aromatic N) is 2. The average Bonchev–Trinajstić information content (AvgIpc) is 3.19. The Morgan fingerprint density at radius 3 is 2.60 bits per heavy atom. The van der Waals surface area contributed by atoms with Gasteiger partial charge in [-0.3, -0.25) is 4.79 Å². The lowest BCUT2D eigenvalue weighted by molar-refractivity contribution is -0.123. The highest BCUT2D eigenvalue weighted by atomic mass is 16.5. The largest absolute Gasteiger partial charge is 0.449 e. The van der Waals surface area contributed by atoms with Gasteiger partial charge < -0.3 is 14.5 Å². The molecule has 1 N–H and O–H groups in total. The number of hydrogen-bond acceptors (Lipinski definition) is 6. The molecular weight excluding hydrogens is 382 g/mol. The molecule has 30 heavy (non-hydrogen) atoms. The van der Waals surface area contributed by atoms with Crippen molar-refractivity contribution in [2.75, 3.05) is 5.32 Å². The molecule has 1 amide bonds. The second kappa shape index (κ2) is 8.16. The Kier molecular flexibility index (Phi) is 5.26. The maximum atomic E-state index is 12.8. The van der Waals surface area contributed by atoms with E-state index in [1.54, 1.807) is 42.6 Å². The third kappa shape index (κ3) is 3.91. The van der Waals surface area contributed by atoms with Crippen molar-refractivity contribution in [1.29, 1.82) is 0 Å². The van der Waals surface area contributed by atoms with E-state index >= 15 is 0 Å². The molecule has 1 unspecified atom stereocenters. The minimum Gasteiger partial charge on any atom is -0.449 e. The summed E-state index contributed by atoms with van der Waals surface area (Å²) in [6.45, 7) is 3.34. The van der Waals surface area contributed by atoms with Gasteiger partial charge in [0.05, 0.1) is 11.1 Å². The number of benzene rings is 2. The van der Waals surface area contributed by atoms with Crippen LogP contribution in [0.1, 0.15) is 22.8 Å². The monoisotopic (exact) mass is 401 g/mol. The molecule has 0 aliphatic carbocycles. The van der Waals surface area contributed by atoms with Crippen LogP contribution >= 0.6 is 0 Å². The van der Waals surface area contributed by atoms with E-state index in [1.165, 1.54) is 6.92 Å². The number of amides is 1. The van der Waals surface area contributed by atoms with E-state index < -0.39 is 18.0 Å². The molecule has 4 aromatic rings. The van der Waals surface area contributed by atoms with Crippen LogP contribution < -0.4 is 5.32 Å². The van der Waals surface area contributed by atoms with Gasteiger partial charge in [0.2, 0.25) is 5.89 Å². The predicted octanol–water partition coefficient (Wildman–Crippen LogP) is 4.38. The highest BCUT2D eigenvalue weighted by molar-refractivity contribution is 6.00. The van der Waals surface area contributed by atoms with Gasteiger partial charge in [0.25, 0.3) is 5.91 Å². The SMILES string of the molecule is Cc1cccnc1NC(=O)C(C)OC(=O)c1ccccc1-c1nc2ccccc2o1. The molecule has 1 atom stereocenters. The first kappa shape index (κ1) is 19.3. The maximum Gasteiger partial charge on any atom is 0.339 e. The third-order valence-corrected chi connectivity index (χ3v) is 4.58. The van der Waals surface area contributed by atoms with E-state index in [4.69, 9.17) is 9.15 Å². The summed E-state index contributed by atoms with van der Waals surface area (Å²) in [7, 11) is 0. The van der Waals surface area contributed by atoms with Gasteiger partial charge in [-0.2, -0.15) is 0 Å². The van der Waals surface area contributed by atoms with Crippen LogP contribution in [-0.2, 0) is 9.53 Å². The molecule has 0 saturated heterocycles. The van der Waals surface area contributed by atoms with Crippen LogP contribution in [0.5, 0.6) is 0 Å². The van der Waals surface area contributed by atoms with E-state index in [2.05, 4.69) is 15.3 Å². The molecule has 7 heteroatoms. The summed E-state index contributed by atoms with van der Waals surface area (Å²) in [4.78, 5) is 33.8. The van der Waals surface area contributed by atoms with Crippen LogP contribution in [0.3, 0.4) is 0 Å². The number of nitrogens with one attached hydrogen (secondary N) is 1. The molecule has 0 bridgehead atoms. The number of pyridine rings is 1. The Hall–Kier alpha value is -4.00. The highest BCUT2D eigenvalue weighted by Gasteiger charge is 2.23. The van der Waals surface area contributed by atoms with Crippen LogP contribution in [0, 0.1) is 6.92 Å². The molecule has 150 valence electrons. The first-order valence-corrected chi connectivity index (χ1v) is 9.41. The average molecular weight is 401 g/mol. The fraction of sp³-hybridized carbons (Fsp3) is 0.130. The normalized spacial score (nSPS) is 11.8. The number of carbonyl (C=O) groups excluding carboxylic acids is 2. The zero-order valence-corrected chi connectivity index (χ0v) is 16.5. The van der Waals surface area contributed by atoms with Crippen LogP contribution in [0.2, 0.25) is 0 Å². The van der Waals surface area contributed by atoms with Crippen molar-refractivity contribution in [3.63, 3.8) is 0 Å². The van der Waals surface area contributed by atoms with Gasteiger partial charge >= 0.3 is 5.97 Å². The molecule has 0 radical (unpaired) electrons. The Balaban J connectivity index is 1.54. The lowest BCUT2D eigenvalue weighted by Gasteiger charge is -2.15. The second-order valence-electron chi connectivity index (χ2n) is 6.74. The number of anilines is 1. The molecule has 7 nitrogen and oxygen atoms in total. The van der Waals surface area contributed by atoms with Gasteiger partial charge in [0.15, 0.2) is 11.7 Å². The van der Waals surface area contributed by atoms with Crippen molar-refractivity contribution in [3.05, 3.63) is 78.0 Å². The Bertz CT molecular complexity index is 1200. The van der Waals surface area contributed by atoms with Gasteiger partial charge in [-0.15, -0.1) is 0 Å². The standard InChI is InChI=1S/C23H19N3O4/c1-14-8-7-13-24-20(14)26-21(27)15(2)29-23(28)17-10-4-3-9-16(17)22-25-18-11-5-6-12-19(18)30-22/h3-13,15H,1-2H3,(H,24,26,27). The van der Waals surface area contributed by atoms with E-state index in [9.17, 15) is 9.59 Å². The molecule has 0 aliphatic heterocycles. The number of aryl methyl sites for hydroxylation is 1. The number of oxazole rings is 1. The van der Waals surface area contributed by atoms with Gasteiger partial charge in [-0.05, 0) is 49.7 Å². The summed E-state index contributed by atoms with van der Waals surface area (Å²) in [5.74, 6) is -0.375. The minimum absolute atomic E-state index is 0.262. The minimum atomic E-state index is -1.02. The Labute approximate surface area is 172 Å². The van der Waals surface area contributed by atoms with Gasteiger partial charge in [-0.1, -0.05) is 30.3 Å². The van der Waals surface area contributed by atoms with Gasteiger partial charge in [0.1, 0.15) is 11.3 Å². The van der Waals surface area contributed by atoms with Gasteiger partial charge in [-0.25, -0.2) is 14.8 Å². The van der Waals surface area contributed by atoms with Crippen LogP contribution in [0.25, 0.3) is 22.6 Å². The zero-order chi connectivity index (χ0) is 21.1. The molecule has 0 saturated carbocycles. The molecule has 2 aromatic heterocycles. The highest BCUT2D eigenvalue weighted by Crippen LogP contribution is 2.27. The van der Waals surface area contributed by atoms with Crippen molar-refractivity contribution >= 4 is 28.8 Å². The maximum absolute atomic E-state index is 12.8. The quantitative estimate of drug-likeness (QED) is 0.499. The summed E-state index contributed by atoms with van der Waals surface area (Å²) in [6.07, 6.45) is 0.561. The summed E-state index contributed by atoms with van der Waals surface area (Å²) >= 11 is 0. The third-order valence-electron chi connectivity index (χ3n) is 4.58. The smallest absolute Gasteiger partial charge is 0.339 e. The van der Waals surface area contributed by atoms with E-state index in [-0.39, 0.29) is 5.56 Å². The van der Waals surface area contributed by atoms with Crippen molar-refractivity contribution in [3.8, 4) is 11.5 Å². The fourth-order valence-electron chi connectivity index (χ4n) is 2.95. The van der Waals surface area contributed by atoms with E-state index in [0.29, 0.717) is 28.4 Å². The first-order valence-electron chi connectivity index (χ1n) is 9.41. The molecule has 0 spiro atoms. The topological polar surface area (TPSA) is 94.3 Å². The Morgan fingerprint density at radius 1 is 1.03 bits per heavy atom. The number of ether oxygens (including phenoxy) is 1. The van der Waals surface area contributed by atoms with Gasteiger partial charge in [0, 0.05) is 6.20 Å². The number of fused-ring (bicyclic) bond motifs is 1. The number of hydrogen-bond donors (Lipinski definition) is 1. The fourth-order valence-corrected chi connectivity index (χ4v) is 2.95. The number of esters is 1. The summed E-state index contributed by atoms with van der Waals surface area (Å²) in [5, 5.41) is 2.67.